The molecular formula is C14H11Cl2N3O6S. The number of primary sulfonamides is 1. The Kier molecular flexibility index (Phi) is 5.62. The van der Waals surface area contributed by atoms with Gasteiger partial charge >= 0.3 is 11.8 Å². The van der Waals surface area contributed by atoms with Crippen molar-refractivity contribution in [3.8, 4) is 11.5 Å². The largest absolute Gasteiger partial charge is 0.506 e. The maximum Gasteiger partial charge on any atom is 0.314 e. The highest BCUT2D eigenvalue weighted by Gasteiger charge is 2.20. The predicted octanol–water partition coefficient (Wildman–Crippen LogP) is 1.63. The van der Waals surface area contributed by atoms with Gasteiger partial charge in [-0.15, -0.1) is 0 Å². The maximum absolute atomic E-state index is 11.9. The molecule has 0 radical (unpaired) electrons. The second kappa shape index (κ2) is 7.38. The quantitative estimate of drug-likeness (QED) is 0.375. The predicted molar refractivity (Wildman–Crippen MR) is 94.9 cm³/mol. The SMILES string of the molecule is NS(=O)(=O)c1ccc(O)c(NC(=O)C(=O)Nc2cc(Cl)cc(Cl)c2O)c1. The number of rotatable bonds is 3. The Bertz CT molecular complexity index is 1010. The summed E-state index contributed by atoms with van der Waals surface area (Å²) in [6, 6.07) is 5.27. The Balaban J connectivity index is 2.22. The van der Waals surface area contributed by atoms with Crippen molar-refractivity contribution >= 4 is 56.4 Å². The van der Waals surface area contributed by atoms with E-state index in [0.29, 0.717) is 0 Å². The van der Waals surface area contributed by atoms with Crippen LogP contribution in [0.3, 0.4) is 0 Å². The van der Waals surface area contributed by atoms with E-state index in [1.54, 1.807) is 0 Å². The summed E-state index contributed by atoms with van der Waals surface area (Å²) in [6.07, 6.45) is 0. The normalized spacial score (nSPS) is 11.0. The number of sulfonamides is 1. The standard InChI is InChI=1S/C14H11Cl2N3O6S/c15-6-3-8(16)12(21)10(4-6)19-14(23)13(22)18-9-5-7(26(17,24)25)1-2-11(9)20/h1-5,20-21H,(H,18,22)(H,19,23)(H2,17,24,25). The Hall–Kier alpha value is -2.53. The summed E-state index contributed by atoms with van der Waals surface area (Å²) in [5.74, 6) is -3.50. The molecule has 0 aliphatic rings. The molecule has 26 heavy (non-hydrogen) atoms. The fraction of sp³-hybridized carbons (Fsp3) is 0. The molecule has 0 atom stereocenters. The van der Waals surface area contributed by atoms with Gasteiger partial charge in [0.05, 0.1) is 21.3 Å². The van der Waals surface area contributed by atoms with Crippen molar-refractivity contribution in [3.05, 3.63) is 40.4 Å². The Labute approximate surface area is 157 Å². The number of halogens is 2. The summed E-state index contributed by atoms with van der Waals surface area (Å²) in [5, 5.41) is 28.5. The van der Waals surface area contributed by atoms with E-state index in [9.17, 15) is 28.2 Å². The second-order valence-corrected chi connectivity index (χ2v) is 7.32. The number of phenolic OH excluding ortho intramolecular Hbond substituents is 2. The van der Waals surface area contributed by atoms with Gasteiger partial charge in [0.1, 0.15) is 5.75 Å². The van der Waals surface area contributed by atoms with E-state index in [1.807, 2.05) is 5.32 Å². The fourth-order valence-electron chi connectivity index (χ4n) is 1.81. The first-order valence-corrected chi connectivity index (χ1v) is 8.95. The molecule has 2 aromatic carbocycles. The molecule has 0 heterocycles. The zero-order valence-corrected chi connectivity index (χ0v) is 15.0. The number of carbonyl (C=O) groups is 2. The summed E-state index contributed by atoms with van der Waals surface area (Å²) in [5.41, 5.74) is -0.574. The minimum absolute atomic E-state index is 0.0991. The summed E-state index contributed by atoms with van der Waals surface area (Å²) in [4.78, 5) is 23.5. The number of benzene rings is 2. The van der Waals surface area contributed by atoms with Crippen molar-refractivity contribution in [1.82, 2.24) is 0 Å². The Morgan fingerprint density at radius 3 is 2.12 bits per heavy atom. The fourth-order valence-corrected chi connectivity index (χ4v) is 2.84. The van der Waals surface area contributed by atoms with Gasteiger partial charge in [-0.2, -0.15) is 0 Å². The lowest BCUT2D eigenvalue weighted by Gasteiger charge is -2.11. The first kappa shape index (κ1) is 19.8. The van der Waals surface area contributed by atoms with E-state index in [1.165, 1.54) is 6.07 Å². The first-order chi connectivity index (χ1) is 12.0. The van der Waals surface area contributed by atoms with Crippen molar-refractivity contribution < 1.29 is 28.2 Å². The van der Waals surface area contributed by atoms with Gasteiger partial charge in [0.15, 0.2) is 5.75 Å². The van der Waals surface area contributed by atoms with Crippen molar-refractivity contribution in [3.63, 3.8) is 0 Å². The lowest BCUT2D eigenvalue weighted by Crippen LogP contribution is -2.29. The van der Waals surface area contributed by atoms with Crippen molar-refractivity contribution in [2.75, 3.05) is 10.6 Å². The lowest BCUT2D eigenvalue weighted by molar-refractivity contribution is -0.133. The molecule has 12 heteroatoms. The monoisotopic (exact) mass is 419 g/mol. The van der Waals surface area contributed by atoms with Crippen LogP contribution in [-0.2, 0) is 19.6 Å². The molecule has 0 fully saturated rings. The molecule has 2 amide bonds. The molecule has 0 aliphatic carbocycles. The van der Waals surface area contributed by atoms with Gasteiger partial charge in [0.2, 0.25) is 10.0 Å². The average Bonchev–Trinajstić information content (AvgIpc) is 2.52. The molecule has 2 aromatic rings. The highest BCUT2D eigenvalue weighted by Crippen LogP contribution is 2.35. The van der Waals surface area contributed by atoms with Gasteiger partial charge in [-0.25, -0.2) is 13.6 Å². The number of hydrogen-bond donors (Lipinski definition) is 5. The molecule has 0 saturated heterocycles. The lowest BCUT2D eigenvalue weighted by atomic mass is 10.2. The summed E-state index contributed by atoms with van der Waals surface area (Å²) in [7, 11) is -4.09. The molecular weight excluding hydrogens is 409 g/mol. The smallest absolute Gasteiger partial charge is 0.314 e. The van der Waals surface area contributed by atoms with Crippen LogP contribution in [0, 0.1) is 0 Å². The number of aromatic hydroxyl groups is 2. The van der Waals surface area contributed by atoms with Crippen LogP contribution in [0.2, 0.25) is 10.0 Å². The molecule has 6 N–H and O–H groups in total. The minimum Gasteiger partial charge on any atom is -0.506 e. The topological polar surface area (TPSA) is 159 Å². The van der Waals surface area contributed by atoms with Gasteiger partial charge < -0.3 is 20.8 Å². The molecule has 9 nitrogen and oxygen atoms in total. The van der Waals surface area contributed by atoms with E-state index in [2.05, 4.69) is 5.32 Å². The highest BCUT2D eigenvalue weighted by atomic mass is 35.5. The first-order valence-electron chi connectivity index (χ1n) is 6.65. The van der Waals surface area contributed by atoms with E-state index in [0.717, 1.165) is 24.3 Å². The second-order valence-electron chi connectivity index (χ2n) is 4.92. The zero-order chi connectivity index (χ0) is 19.6. The Morgan fingerprint density at radius 2 is 1.54 bits per heavy atom. The van der Waals surface area contributed by atoms with Crippen molar-refractivity contribution in [1.29, 1.82) is 0 Å². The number of amides is 2. The molecule has 138 valence electrons. The van der Waals surface area contributed by atoms with Gasteiger partial charge in [-0.1, -0.05) is 23.2 Å². The molecule has 0 unspecified atom stereocenters. The van der Waals surface area contributed by atoms with E-state index in [-0.39, 0.29) is 26.3 Å². The van der Waals surface area contributed by atoms with Crippen LogP contribution in [0.5, 0.6) is 11.5 Å². The number of carbonyl (C=O) groups excluding carboxylic acids is 2. The summed E-state index contributed by atoms with van der Waals surface area (Å²) in [6.45, 7) is 0. The van der Waals surface area contributed by atoms with Crippen molar-refractivity contribution in [2.24, 2.45) is 5.14 Å². The highest BCUT2D eigenvalue weighted by molar-refractivity contribution is 7.89. The third kappa shape index (κ3) is 4.55. The van der Waals surface area contributed by atoms with Gasteiger partial charge in [-0.3, -0.25) is 9.59 Å². The van der Waals surface area contributed by atoms with E-state index >= 15 is 0 Å². The van der Waals surface area contributed by atoms with Crippen LogP contribution in [0.25, 0.3) is 0 Å². The molecule has 0 aromatic heterocycles. The van der Waals surface area contributed by atoms with Crippen LogP contribution in [-0.4, -0.2) is 30.4 Å². The maximum atomic E-state index is 11.9. The van der Waals surface area contributed by atoms with Crippen LogP contribution >= 0.6 is 23.2 Å². The minimum atomic E-state index is -4.09. The summed E-state index contributed by atoms with van der Waals surface area (Å²) >= 11 is 11.5. The van der Waals surface area contributed by atoms with Crippen LogP contribution in [0.1, 0.15) is 0 Å². The third-order valence-electron chi connectivity index (χ3n) is 3.03. The molecule has 0 saturated carbocycles. The molecule has 0 aliphatic heterocycles. The van der Waals surface area contributed by atoms with Gasteiger partial charge in [-0.05, 0) is 30.3 Å². The van der Waals surface area contributed by atoms with E-state index < -0.39 is 33.3 Å². The molecule has 0 spiro atoms. The molecule has 2 rings (SSSR count). The molecule has 0 bridgehead atoms. The number of anilines is 2. The zero-order valence-electron chi connectivity index (χ0n) is 12.7. The van der Waals surface area contributed by atoms with Crippen LogP contribution in [0.15, 0.2) is 35.2 Å². The van der Waals surface area contributed by atoms with Crippen LogP contribution < -0.4 is 15.8 Å². The van der Waals surface area contributed by atoms with E-state index in [4.69, 9.17) is 28.3 Å². The summed E-state index contributed by atoms with van der Waals surface area (Å²) < 4.78 is 22.6. The third-order valence-corrected chi connectivity index (χ3v) is 4.44. The Morgan fingerprint density at radius 1 is 0.962 bits per heavy atom. The number of nitrogens with two attached hydrogens (primary N) is 1. The number of hydrogen-bond acceptors (Lipinski definition) is 6. The van der Waals surface area contributed by atoms with Crippen LogP contribution in [0.4, 0.5) is 11.4 Å². The number of phenols is 2. The van der Waals surface area contributed by atoms with Gasteiger partial charge in [0, 0.05) is 5.02 Å². The van der Waals surface area contributed by atoms with Gasteiger partial charge in [0.25, 0.3) is 0 Å². The average molecular weight is 420 g/mol. The van der Waals surface area contributed by atoms with Crippen molar-refractivity contribution in [2.45, 2.75) is 4.90 Å². The number of nitrogens with one attached hydrogen (secondary N) is 2.